The normalized spacial score (nSPS) is 10.5. The van der Waals surface area contributed by atoms with E-state index in [0.717, 1.165) is 32.4 Å². The van der Waals surface area contributed by atoms with Crippen molar-refractivity contribution in [3.8, 4) is 0 Å². The molecule has 68 valence electrons. The first-order valence-corrected chi connectivity index (χ1v) is 4.46. The van der Waals surface area contributed by atoms with Crippen molar-refractivity contribution in [2.45, 2.75) is 32.7 Å². The van der Waals surface area contributed by atoms with Gasteiger partial charge in [0.15, 0.2) is 0 Å². The number of rotatable bonds is 5. The molecule has 4 nitrogen and oxygen atoms in total. The van der Waals surface area contributed by atoms with Gasteiger partial charge in [-0.1, -0.05) is 12.1 Å². The maximum absolute atomic E-state index is 5.42. The van der Waals surface area contributed by atoms with Gasteiger partial charge in [-0.25, -0.2) is 4.68 Å². The summed E-state index contributed by atoms with van der Waals surface area (Å²) in [6, 6.07) is 0. The van der Waals surface area contributed by atoms with Crippen molar-refractivity contribution in [3.63, 3.8) is 0 Å². The van der Waals surface area contributed by atoms with Gasteiger partial charge in [0.1, 0.15) is 0 Å². The molecule has 0 aliphatic carbocycles. The average molecular weight is 168 g/mol. The Kier molecular flexibility index (Phi) is 3.73. The van der Waals surface area contributed by atoms with Crippen LogP contribution < -0.4 is 5.73 Å². The Hall–Kier alpha value is -0.900. The summed E-state index contributed by atoms with van der Waals surface area (Å²) in [5.41, 5.74) is 6.62. The SMILES string of the molecule is CCCn1nncc1CCCN. The molecule has 0 radical (unpaired) electrons. The maximum Gasteiger partial charge on any atom is 0.0725 e. The highest BCUT2D eigenvalue weighted by atomic mass is 15.4. The smallest absolute Gasteiger partial charge is 0.0725 e. The minimum Gasteiger partial charge on any atom is -0.330 e. The monoisotopic (exact) mass is 168 g/mol. The first kappa shape index (κ1) is 9.19. The number of aryl methyl sites for hydroxylation is 2. The Morgan fingerprint density at radius 1 is 1.58 bits per heavy atom. The fourth-order valence-corrected chi connectivity index (χ4v) is 1.16. The van der Waals surface area contributed by atoms with E-state index in [1.54, 1.807) is 0 Å². The maximum atomic E-state index is 5.42. The van der Waals surface area contributed by atoms with Crippen LogP contribution in [0.3, 0.4) is 0 Å². The largest absolute Gasteiger partial charge is 0.330 e. The molecule has 0 aliphatic rings. The molecule has 0 unspecified atom stereocenters. The molecule has 0 amide bonds. The van der Waals surface area contributed by atoms with Gasteiger partial charge in [-0.15, -0.1) is 5.10 Å². The Morgan fingerprint density at radius 3 is 3.08 bits per heavy atom. The molecule has 4 heteroatoms. The second kappa shape index (κ2) is 4.87. The van der Waals surface area contributed by atoms with Crippen LogP contribution in [0.2, 0.25) is 0 Å². The van der Waals surface area contributed by atoms with Gasteiger partial charge in [0.05, 0.1) is 11.9 Å². The molecule has 0 bridgehead atoms. The Morgan fingerprint density at radius 2 is 2.42 bits per heavy atom. The summed E-state index contributed by atoms with van der Waals surface area (Å²) in [6.07, 6.45) is 4.92. The fraction of sp³-hybridized carbons (Fsp3) is 0.750. The van der Waals surface area contributed by atoms with Gasteiger partial charge >= 0.3 is 0 Å². The van der Waals surface area contributed by atoms with Crippen molar-refractivity contribution in [1.82, 2.24) is 15.0 Å². The molecule has 1 heterocycles. The number of hydrogen-bond donors (Lipinski definition) is 1. The highest BCUT2D eigenvalue weighted by Gasteiger charge is 2.00. The van der Waals surface area contributed by atoms with Crippen molar-refractivity contribution in [2.75, 3.05) is 6.54 Å². The van der Waals surface area contributed by atoms with Crippen LogP contribution in [-0.4, -0.2) is 21.5 Å². The summed E-state index contributed by atoms with van der Waals surface area (Å²) in [5.74, 6) is 0. The van der Waals surface area contributed by atoms with Crippen LogP contribution in [-0.2, 0) is 13.0 Å². The highest BCUT2D eigenvalue weighted by molar-refractivity contribution is 4.93. The van der Waals surface area contributed by atoms with Crippen molar-refractivity contribution in [2.24, 2.45) is 5.73 Å². The quantitative estimate of drug-likeness (QED) is 0.699. The van der Waals surface area contributed by atoms with Crippen LogP contribution in [0.5, 0.6) is 0 Å². The molecule has 0 saturated heterocycles. The first-order chi connectivity index (χ1) is 5.88. The van der Waals surface area contributed by atoms with E-state index in [4.69, 9.17) is 5.73 Å². The van der Waals surface area contributed by atoms with E-state index in [0.29, 0.717) is 0 Å². The van der Waals surface area contributed by atoms with Gasteiger partial charge in [0, 0.05) is 6.54 Å². The Labute approximate surface area is 72.8 Å². The Balaban J connectivity index is 2.51. The lowest BCUT2D eigenvalue weighted by atomic mass is 10.2. The van der Waals surface area contributed by atoms with Gasteiger partial charge in [0.2, 0.25) is 0 Å². The molecular weight excluding hydrogens is 152 g/mol. The molecule has 12 heavy (non-hydrogen) atoms. The number of aromatic nitrogens is 3. The van der Waals surface area contributed by atoms with Gasteiger partial charge in [0.25, 0.3) is 0 Å². The third-order valence-electron chi connectivity index (χ3n) is 1.77. The molecule has 1 aromatic rings. The standard InChI is InChI=1S/C8H16N4/c1-2-6-12-8(4-3-5-9)7-10-11-12/h7H,2-6,9H2,1H3. The summed E-state index contributed by atoms with van der Waals surface area (Å²) in [7, 11) is 0. The molecular formula is C8H16N4. The second-order valence-electron chi connectivity index (χ2n) is 2.84. The molecule has 0 aromatic carbocycles. The van der Waals surface area contributed by atoms with Crippen LogP contribution in [0.4, 0.5) is 0 Å². The zero-order chi connectivity index (χ0) is 8.81. The lowest BCUT2D eigenvalue weighted by Gasteiger charge is -2.02. The lowest BCUT2D eigenvalue weighted by Crippen LogP contribution is -2.07. The molecule has 1 aromatic heterocycles. The van der Waals surface area contributed by atoms with Crippen LogP contribution in [0.1, 0.15) is 25.5 Å². The van der Waals surface area contributed by atoms with Gasteiger partial charge < -0.3 is 5.73 Å². The van der Waals surface area contributed by atoms with Crippen LogP contribution >= 0.6 is 0 Å². The van der Waals surface area contributed by atoms with Crippen molar-refractivity contribution >= 4 is 0 Å². The van der Waals surface area contributed by atoms with Gasteiger partial charge in [-0.3, -0.25) is 0 Å². The van der Waals surface area contributed by atoms with E-state index in [1.807, 2.05) is 10.9 Å². The summed E-state index contributed by atoms with van der Waals surface area (Å²) in [6.45, 7) is 3.83. The Bertz CT molecular complexity index is 219. The van der Waals surface area contributed by atoms with Crippen molar-refractivity contribution in [1.29, 1.82) is 0 Å². The van der Waals surface area contributed by atoms with Gasteiger partial charge in [-0.2, -0.15) is 0 Å². The molecule has 0 aliphatic heterocycles. The zero-order valence-corrected chi connectivity index (χ0v) is 7.53. The van der Waals surface area contributed by atoms with Crippen molar-refractivity contribution in [3.05, 3.63) is 11.9 Å². The minimum atomic E-state index is 0.733. The summed E-state index contributed by atoms with van der Waals surface area (Å²) < 4.78 is 1.95. The predicted molar refractivity (Wildman–Crippen MR) is 47.7 cm³/mol. The van der Waals surface area contributed by atoms with Crippen LogP contribution in [0, 0.1) is 0 Å². The number of nitrogens with two attached hydrogens (primary N) is 1. The third kappa shape index (κ3) is 2.30. The van der Waals surface area contributed by atoms with E-state index in [-0.39, 0.29) is 0 Å². The first-order valence-electron chi connectivity index (χ1n) is 4.46. The predicted octanol–water partition coefficient (Wildman–Crippen LogP) is 0.579. The molecule has 1 rings (SSSR count). The van der Waals surface area contributed by atoms with E-state index in [2.05, 4.69) is 17.2 Å². The van der Waals surface area contributed by atoms with Crippen LogP contribution in [0.25, 0.3) is 0 Å². The second-order valence-corrected chi connectivity index (χ2v) is 2.84. The van der Waals surface area contributed by atoms with E-state index >= 15 is 0 Å². The lowest BCUT2D eigenvalue weighted by molar-refractivity contribution is 0.550. The molecule has 0 saturated carbocycles. The van der Waals surface area contributed by atoms with Gasteiger partial charge in [-0.05, 0) is 25.8 Å². The van der Waals surface area contributed by atoms with E-state index in [1.165, 1.54) is 5.69 Å². The van der Waals surface area contributed by atoms with Crippen LogP contribution in [0.15, 0.2) is 6.20 Å². The fourth-order valence-electron chi connectivity index (χ4n) is 1.16. The summed E-state index contributed by atoms with van der Waals surface area (Å²) in [4.78, 5) is 0. The topological polar surface area (TPSA) is 56.7 Å². The zero-order valence-electron chi connectivity index (χ0n) is 7.53. The highest BCUT2D eigenvalue weighted by Crippen LogP contribution is 2.00. The summed E-state index contributed by atoms with van der Waals surface area (Å²) in [5, 5.41) is 7.85. The number of hydrogen-bond acceptors (Lipinski definition) is 3. The minimum absolute atomic E-state index is 0.733. The third-order valence-corrected chi connectivity index (χ3v) is 1.77. The van der Waals surface area contributed by atoms with Crippen molar-refractivity contribution < 1.29 is 0 Å². The molecule has 0 atom stereocenters. The average Bonchev–Trinajstić information content (AvgIpc) is 2.50. The molecule has 2 N–H and O–H groups in total. The van der Waals surface area contributed by atoms with E-state index < -0.39 is 0 Å². The molecule has 0 spiro atoms. The summed E-state index contributed by atoms with van der Waals surface area (Å²) >= 11 is 0. The molecule has 0 fully saturated rings. The number of nitrogens with zero attached hydrogens (tertiary/aromatic N) is 3. The van der Waals surface area contributed by atoms with E-state index in [9.17, 15) is 0 Å².